The second-order valence-corrected chi connectivity index (χ2v) is 5.56. The van der Waals surface area contributed by atoms with Gasteiger partial charge in [-0.05, 0) is 64.8 Å². The molecule has 0 amide bonds. The fraction of sp³-hybridized carbons (Fsp3) is 0.462. The number of halogens is 1. The van der Waals surface area contributed by atoms with Gasteiger partial charge >= 0.3 is 5.97 Å². The summed E-state index contributed by atoms with van der Waals surface area (Å²) in [6.45, 7) is 5.76. The van der Waals surface area contributed by atoms with Crippen molar-refractivity contribution in [2.45, 2.75) is 39.7 Å². The van der Waals surface area contributed by atoms with E-state index in [1.807, 2.05) is 0 Å². The van der Waals surface area contributed by atoms with Gasteiger partial charge in [0.05, 0.1) is 0 Å². The summed E-state index contributed by atoms with van der Waals surface area (Å²) in [6.07, 6.45) is 1.79. The van der Waals surface area contributed by atoms with Crippen LogP contribution in [0.25, 0.3) is 0 Å². The van der Waals surface area contributed by atoms with Crippen molar-refractivity contribution in [3.63, 3.8) is 0 Å². The Morgan fingerprint density at radius 3 is 2.62 bits per heavy atom. The number of rotatable bonds is 1. The number of fused-ring (bicyclic) bond motifs is 1. The molecule has 0 saturated carbocycles. The lowest BCUT2D eigenvalue weighted by molar-refractivity contribution is -0.145. The van der Waals surface area contributed by atoms with E-state index < -0.39 is 0 Å². The average Bonchev–Trinajstić information content (AvgIpc) is 2.58. The molecule has 1 unspecified atom stereocenters. The van der Waals surface area contributed by atoms with Crippen molar-refractivity contribution in [3.05, 3.63) is 31.9 Å². The van der Waals surface area contributed by atoms with Crippen LogP contribution in [0.3, 0.4) is 0 Å². The van der Waals surface area contributed by atoms with Crippen LogP contribution in [0.5, 0.6) is 0 Å². The van der Waals surface area contributed by atoms with Gasteiger partial charge in [0, 0.05) is 23.3 Å². The van der Waals surface area contributed by atoms with Gasteiger partial charge in [-0.1, -0.05) is 0 Å². The van der Waals surface area contributed by atoms with E-state index in [1.165, 1.54) is 32.7 Å². The second kappa shape index (κ2) is 4.35. The Bertz CT molecular complexity index is 452. The molecule has 0 fully saturated rings. The summed E-state index contributed by atoms with van der Waals surface area (Å²) in [5.74, 6) is -0.178. The molecule has 0 saturated heterocycles. The molecular formula is C13H15IO2. The van der Waals surface area contributed by atoms with Gasteiger partial charge in [-0.15, -0.1) is 0 Å². The van der Waals surface area contributed by atoms with Crippen molar-refractivity contribution < 1.29 is 9.53 Å². The quantitative estimate of drug-likeness (QED) is 0.585. The van der Waals surface area contributed by atoms with Gasteiger partial charge < -0.3 is 4.74 Å². The zero-order valence-corrected chi connectivity index (χ0v) is 11.9. The molecule has 0 aliphatic heterocycles. The highest BCUT2D eigenvalue weighted by Gasteiger charge is 2.27. The number of carbonyl (C=O) groups excluding carboxylic acids is 1. The monoisotopic (exact) mass is 330 g/mol. The van der Waals surface area contributed by atoms with Gasteiger partial charge in [0.1, 0.15) is 6.10 Å². The molecule has 0 heterocycles. The fourth-order valence-electron chi connectivity index (χ4n) is 2.40. The Hall–Kier alpha value is -0.580. The molecule has 0 aromatic heterocycles. The predicted molar refractivity (Wildman–Crippen MR) is 71.6 cm³/mol. The lowest BCUT2D eigenvalue weighted by Crippen LogP contribution is -2.16. The predicted octanol–water partition coefficient (Wildman–Crippen LogP) is 2.94. The number of aryl methyl sites for hydroxylation is 1. The van der Waals surface area contributed by atoms with Gasteiger partial charge in [-0.3, -0.25) is 4.79 Å². The van der Waals surface area contributed by atoms with E-state index >= 15 is 0 Å². The molecule has 3 heteroatoms. The van der Waals surface area contributed by atoms with Crippen LogP contribution in [0.1, 0.15) is 29.2 Å². The molecule has 1 aromatic rings. The minimum atomic E-state index is -0.178. The molecule has 0 N–H and O–H groups in total. The first-order valence-electron chi connectivity index (χ1n) is 5.43. The number of ether oxygens (including phenoxy) is 1. The summed E-state index contributed by atoms with van der Waals surface area (Å²) in [5, 5.41) is 0. The summed E-state index contributed by atoms with van der Waals surface area (Å²) < 4.78 is 6.61. The molecule has 1 aliphatic rings. The Morgan fingerprint density at radius 2 is 2.00 bits per heavy atom. The topological polar surface area (TPSA) is 26.3 Å². The standard InChI is InChI=1S/C13H15IO2/c1-7-4-13(14)8(2)12-6-10(5-11(7)12)16-9(3)15/h4,10H,5-6H2,1-3H3. The third-order valence-corrected chi connectivity index (χ3v) is 4.31. The van der Waals surface area contributed by atoms with Crippen LogP contribution in [0.15, 0.2) is 6.07 Å². The van der Waals surface area contributed by atoms with Crippen LogP contribution < -0.4 is 0 Å². The fourth-order valence-corrected chi connectivity index (χ4v) is 3.19. The average molecular weight is 330 g/mol. The van der Waals surface area contributed by atoms with Crippen molar-refractivity contribution in [2.24, 2.45) is 0 Å². The molecule has 86 valence electrons. The summed E-state index contributed by atoms with van der Waals surface area (Å²) in [4.78, 5) is 11.0. The molecule has 1 aromatic carbocycles. The van der Waals surface area contributed by atoms with Gasteiger partial charge in [0.15, 0.2) is 0 Å². The van der Waals surface area contributed by atoms with Gasteiger partial charge in [0.2, 0.25) is 0 Å². The van der Waals surface area contributed by atoms with Gasteiger partial charge in [-0.2, -0.15) is 0 Å². The SMILES string of the molecule is CC(=O)OC1Cc2c(C)cc(I)c(C)c2C1. The number of hydrogen-bond donors (Lipinski definition) is 0. The molecule has 16 heavy (non-hydrogen) atoms. The van der Waals surface area contributed by atoms with Crippen LogP contribution in [0.4, 0.5) is 0 Å². The van der Waals surface area contributed by atoms with Crippen LogP contribution in [0.2, 0.25) is 0 Å². The normalized spacial score (nSPS) is 18.4. The lowest BCUT2D eigenvalue weighted by Gasteiger charge is -2.09. The van der Waals surface area contributed by atoms with Crippen LogP contribution in [0, 0.1) is 17.4 Å². The summed E-state index contributed by atoms with van der Waals surface area (Å²) in [5.41, 5.74) is 5.43. The summed E-state index contributed by atoms with van der Waals surface area (Å²) in [6, 6.07) is 2.21. The first kappa shape index (κ1) is 11.9. The van der Waals surface area contributed by atoms with Crippen LogP contribution in [-0.2, 0) is 22.4 Å². The Kier molecular flexibility index (Phi) is 3.24. The van der Waals surface area contributed by atoms with Gasteiger partial charge in [0.25, 0.3) is 0 Å². The second-order valence-electron chi connectivity index (χ2n) is 4.40. The highest BCUT2D eigenvalue weighted by atomic mass is 127. The lowest BCUT2D eigenvalue weighted by atomic mass is 10.0. The van der Waals surface area contributed by atoms with E-state index in [2.05, 4.69) is 42.5 Å². The highest BCUT2D eigenvalue weighted by Crippen LogP contribution is 2.32. The molecule has 0 spiro atoms. The first-order chi connectivity index (χ1) is 7.49. The van der Waals surface area contributed by atoms with Crippen molar-refractivity contribution in [3.8, 4) is 0 Å². The molecule has 0 radical (unpaired) electrons. The van der Waals surface area contributed by atoms with E-state index in [0.717, 1.165) is 12.8 Å². The minimum absolute atomic E-state index is 0.0445. The number of hydrogen-bond acceptors (Lipinski definition) is 2. The third-order valence-electron chi connectivity index (χ3n) is 3.19. The smallest absolute Gasteiger partial charge is 0.302 e. The van der Waals surface area contributed by atoms with E-state index in [0.29, 0.717) is 0 Å². The third kappa shape index (κ3) is 2.10. The molecule has 2 nitrogen and oxygen atoms in total. The Balaban J connectivity index is 2.33. The molecule has 1 atom stereocenters. The maximum atomic E-state index is 11.0. The molecule has 2 rings (SSSR count). The van der Waals surface area contributed by atoms with Crippen LogP contribution in [-0.4, -0.2) is 12.1 Å². The molecular weight excluding hydrogens is 315 g/mol. The van der Waals surface area contributed by atoms with E-state index in [1.54, 1.807) is 0 Å². The van der Waals surface area contributed by atoms with E-state index in [9.17, 15) is 4.79 Å². The zero-order valence-electron chi connectivity index (χ0n) is 9.76. The number of esters is 1. The van der Waals surface area contributed by atoms with E-state index in [-0.39, 0.29) is 12.1 Å². The zero-order chi connectivity index (χ0) is 11.9. The van der Waals surface area contributed by atoms with Crippen molar-refractivity contribution >= 4 is 28.6 Å². The summed E-state index contributed by atoms with van der Waals surface area (Å²) >= 11 is 2.37. The van der Waals surface area contributed by atoms with Crippen LogP contribution >= 0.6 is 22.6 Å². The number of benzene rings is 1. The van der Waals surface area contributed by atoms with Crippen molar-refractivity contribution in [1.29, 1.82) is 0 Å². The maximum Gasteiger partial charge on any atom is 0.302 e. The first-order valence-corrected chi connectivity index (χ1v) is 6.51. The molecule has 1 aliphatic carbocycles. The maximum absolute atomic E-state index is 11.0. The van der Waals surface area contributed by atoms with Gasteiger partial charge in [-0.25, -0.2) is 0 Å². The minimum Gasteiger partial charge on any atom is -0.462 e. The Morgan fingerprint density at radius 1 is 1.38 bits per heavy atom. The summed E-state index contributed by atoms with van der Waals surface area (Å²) in [7, 11) is 0. The molecule has 0 bridgehead atoms. The van der Waals surface area contributed by atoms with Crippen molar-refractivity contribution in [1.82, 2.24) is 0 Å². The van der Waals surface area contributed by atoms with E-state index in [4.69, 9.17) is 4.74 Å². The number of carbonyl (C=O) groups is 1. The largest absolute Gasteiger partial charge is 0.462 e. The highest BCUT2D eigenvalue weighted by molar-refractivity contribution is 14.1. The Labute approximate surface area is 110 Å². The van der Waals surface area contributed by atoms with Crippen molar-refractivity contribution in [2.75, 3.05) is 0 Å².